The molecule has 0 aromatic heterocycles. The van der Waals surface area contributed by atoms with Crippen LogP contribution in [0.25, 0.3) is 0 Å². The zero-order valence-electron chi connectivity index (χ0n) is 13.0. The van der Waals surface area contributed by atoms with Gasteiger partial charge in [0.25, 0.3) is 5.91 Å². The van der Waals surface area contributed by atoms with Gasteiger partial charge in [-0.25, -0.2) is 4.79 Å². The Morgan fingerprint density at radius 1 is 1.09 bits per heavy atom. The molecule has 1 fully saturated rings. The van der Waals surface area contributed by atoms with Crippen LogP contribution in [-0.4, -0.2) is 60.5 Å². The maximum Gasteiger partial charge on any atom is 0.409 e. The molecule has 2 amide bonds. The van der Waals surface area contributed by atoms with Gasteiger partial charge >= 0.3 is 6.09 Å². The van der Waals surface area contributed by atoms with E-state index in [-0.39, 0.29) is 24.5 Å². The molecule has 0 unspecified atom stereocenters. The van der Waals surface area contributed by atoms with Crippen LogP contribution in [0, 0.1) is 13.8 Å². The minimum Gasteiger partial charge on any atom is -0.448 e. The zero-order chi connectivity index (χ0) is 16.1. The Morgan fingerprint density at radius 2 is 1.73 bits per heavy atom. The average Bonchev–Trinajstić information content (AvgIpc) is 2.54. The van der Waals surface area contributed by atoms with Crippen molar-refractivity contribution in [3.8, 4) is 0 Å². The summed E-state index contributed by atoms with van der Waals surface area (Å²) in [6.45, 7) is 6.23. The summed E-state index contributed by atoms with van der Waals surface area (Å²) in [5.74, 6) is 0.300. The summed E-state index contributed by atoms with van der Waals surface area (Å²) in [5, 5.41) is 0. The average molecular weight is 325 g/mol. The number of ether oxygens (including phenoxy) is 1. The van der Waals surface area contributed by atoms with E-state index in [1.54, 1.807) is 9.80 Å². The first kappa shape index (κ1) is 16.6. The molecule has 1 heterocycles. The molecule has 22 heavy (non-hydrogen) atoms. The Balaban J connectivity index is 1.92. The first-order valence-corrected chi connectivity index (χ1v) is 7.90. The highest BCUT2D eigenvalue weighted by molar-refractivity contribution is 6.18. The largest absolute Gasteiger partial charge is 0.448 e. The van der Waals surface area contributed by atoms with Crippen molar-refractivity contribution in [2.75, 3.05) is 38.7 Å². The predicted molar refractivity (Wildman–Crippen MR) is 85.5 cm³/mol. The normalized spacial score (nSPS) is 14.9. The molecule has 1 saturated heterocycles. The molecule has 0 N–H and O–H groups in total. The number of aryl methyl sites for hydroxylation is 2. The summed E-state index contributed by atoms with van der Waals surface area (Å²) < 4.78 is 4.99. The van der Waals surface area contributed by atoms with Crippen molar-refractivity contribution < 1.29 is 14.3 Å². The predicted octanol–water partition coefficient (Wildman–Crippen LogP) is 2.44. The molecule has 0 saturated carbocycles. The number of amides is 2. The first-order chi connectivity index (χ1) is 10.5. The van der Waals surface area contributed by atoms with Gasteiger partial charge in [-0.3, -0.25) is 4.79 Å². The highest BCUT2D eigenvalue weighted by Crippen LogP contribution is 2.14. The highest BCUT2D eigenvalue weighted by atomic mass is 35.5. The fraction of sp³-hybridized carbons (Fsp3) is 0.500. The van der Waals surface area contributed by atoms with Crippen LogP contribution >= 0.6 is 11.6 Å². The van der Waals surface area contributed by atoms with Gasteiger partial charge in [-0.15, -0.1) is 11.6 Å². The Kier molecular flexibility index (Phi) is 5.66. The smallest absolute Gasteiger partial charge is 0.409 e. The molecular formula is C16H21ClN2O3. The molecule has 0 atom stereocenters. The molecule has 120 valence electrons. The van der Waals surface area contributed by atoms with Gasteiger partial charge in [0.1, 0.15) is 6.61 Å². The Bertz CT molecular complexity index is 554. The van der Waals surface area contributed by atoms with E-state index in [2.05, 4.69) is 0 Å². The zero-order valence-corrected chi connectivity index (χ0v) is 13.7. The second-order valence-electron chi connectivity index (χ2n) is 5.38. The summed E-state index contributed by atoms with van der Waals surface area (Å²) in [7, 11) is 0. The Hall–Kier alpha value is -1.75. The van der Waals surface area contributed by atoms with Gasteiger partial charge in [0.2, 0.25) is 0 Å². The minimum atomic E-state index is -0.362. The molecule has 2 rings (SSSR count). The van der Waals surface area contributed by atoms with Crippen LogP contribution in [0.4, 0.5) is 4.79 Å². The van der Waals surface area contributed by atoms with Gasteiger partial charge in [-0.05, 0) is 37.1 Å². The number of halogens is 1. The molecule has 0 spiro atoms. The van der Waals surface area contributed by atoms with E-state index >= 15 is 0 Å². The molecule has 0 bridgehead atoms. The summed E-state index contributed by atoms with van der Waals surface area (Å²) in [6.07, 6.45) is -0.362. The monoisotopic (exact) mass is 324 g/mol. The van der Waals surface area contributed by atoms with Crippen LogP contribution < -0.4 is 0 Å². The lowest BCUT2D eigenvalue weighted by Gasteiger charge is -2.34. The standard InChI is InChI=1S/C16H21ClN2O3/c1-12-3-4-14(11-13(12)2)15(20)18-6-8-19(9-7-18)16(21)22-10-5-17/h3-4,11H,5-10H2,1-2H3. The second kappa shape index (κ2) is 7.49. The number of nitrogens with zero attached hydrogens (tertiary/aromatic N) is 2. The maximum atomic E-state index is 12.5. The third-order valence-electron chi connectivity index (χ3n) is 3.88. The number of hydrogen-bond donors (Lipinski definition) is 0. The van der Waals surface area contributed by atoms with Crippen molar-refractivity contribution in [2.24, 2.45) is 0 Å². The summed E-state index contributed by atoms with van der Waals surface area (Å²) >= 11 is 5.49. The number of rotatable bonds is 3. The van der Waals surface area contributed by atoms with Gasteiger partial charge in [-0.1, -0.05) is 6.07 Å². The quantitative estimate of drug-likeness (QED) is 0.802. The van der Waals surface area contributed by atoms with Gasteiger partial charge in [0, 0.05) is 31.7 Å². The molecular weight excluding hydrogens is 304 g/mol. The minimum absolute atomic E-state index is 0.0110. The molecule has 1 aromatic carbocycles. The van der Waals surface area contributed by atoms with Crippen molar-refractivity contribution in [2.45, 2.75) is 13.8 Å². The highest BCUT2D eigenvalue weighted by Gasteiger charge is 2.25. The van der Waals surface area contributed by atoms with Crippen LogP contribution in [0.15, 0.2) is 18.2 Å². The van der Waals surface area contributed by atoms with Crippen LogP contribution in [0.2, 0.25) is 0 Å². The first-order valence-electron chi connectivity index (χ1n) is 7.37. The van der Waals surface area contributed by atoms with E-state index in [1.165, 1.54) is 5.56 Å². The lowest BCUT2D eigenvalue weighted by Crippen LogP contribution is -2.50. The Morgan fingerprint density at radius 3 is 2.32 bits per heavy atom. The third kappa shape index (κ3) is 3.91. The van der Waals surface area contributed by atoms with Gasteiger partial charge in [0.15, 0.2) is 0 Å². The fourth-order valence-corrected chi connectivity index (χ4v) is 2.44. The topological polar surface area (TPSA) is 49.9 Å². The lowest BCUT2D eigenvalue weighted by atomic mass is 10.1. The SMILES string of the molecule is Cc1ccc(C(=O)N2CCN(C(=O)OCCCl)CC2)cc1C. The van der Waals surface area contributed by atoms with Crippen LogP contribution in [-0.2, 0) is 4.74 Å². The molecule has 1 aromatic rings. The summed E-state index contributed by atoms with van der Waals surface area (Å²) in [6, 6.07) is 5.73. The van der Waals surface area contributed by atoms with E-state index in [4.69, 9.17) is 16.3 Å². The molecule has 1 aliphatic heterocycles. The van der Waals surface area contributed by atoms with E-state index in [0.29, 0.717) is 31.7 Å². The summed E-state index contributed by atoms with van der Waals surface area (Å²) in [4.78, 5) is 27.6. The number of carbonyl (C=O) groups excluding carboxylic acids is 2. The number of hydrogen-bond acceptors (Lipinski definition) is 3. The van der Waals surface area contributed by atoms with Gasteiger partial charge in [-0.2, -0.15) is 0 Å². The molecule has 1 aliphatic rings. The Labute approximate surface area is 135 Å². The van der Waals surface area contributed by atoms with E-state index in [1.807, 2.05) is 32.0 Å². The number of benzene rings is 1. The van der Waals surface area contributed by atoms with Gasteiger partial charge < -0.3 is 14.5 Å². The molecule has 6 heteroatoms. The van der Waals surface area contributed by atoms with Crippen molar-refractivity contribution in [1.82, 2.24) is 9.80 Å². The summed E-state index contributed by atoms with van der Waals surface area (Å²) in [5.41, 5.74) is 2.97. The fourth-order valence-electron chi connectivity index (χ4n) is 2.37. The van der Waals surface area contributed by atoms with Crippen LogP contribution in [0.3, 0.4) is 0 Å². The van der Waals surface area contributed by atoms with E-state index in [0.717, 1.165) is 5.56 Å². The third-order valence-corrected chi connectivity index (χ3v) is 4.04. The molecule has 0 aliphatic carbocycles. The number of alkyl halides is 1. The lowest BCUT2D eigenvalue weighted by molar-refractivity contribution is 0.0572. The second-order valence-corrected chi connectivity index (χ2v) is 5.76. The number of carbonyl (C=O) groups is 2. The number of piperazine rings is 1. The maximum absolute atomic E-state index is 12.5. The van der Waals surface area contributed by atoms with Gasteiger partial charge in [0.05, 0.1) is 5.88 Å². The van der Waals surface area contributed by atoms with Crippen LogP contribution in [0.1, 0.15) is 21.5 Å². The molecule has 0 radical (unpaired) electrons. The van der Waals surface area contributed by atoms with Crippen molar-refractivity contribution >= 4 is 23.6 Å². The van der Waals surface area contributed by atoms with E-state index in [9.17, 15) is 9.59 Å². The van der Waals surface area contributed by atoms with Crippen LogP contribution in [0.5, 0.6) is 0 Å². The van der Waals surface area contributed by atoms with Crippen molar-refractivity contribution in [3.05, 3.63) is 34.9 Å². The van der Waals surface area contributed by atoms with Crippen molar-refractivity contribution in [3.63, 3.8) is 0 Å². The van der Waals surface area contributed by atoms with E-state index < -0.39 is 0 Å². The van der Waals surface area contributed by atoms with Crippen molar-refractivity contribution in [1.29, 1.82) is 0 Å². The molecule has 5 nitrogen and oxygen atoms in total.